The summed E-state index contributed by atoms with van der Waals surface area (Å²) in [6, 6.07) is 4.90. The first-order valence-electron chi connectivity index (χ1n) is 5.18. The van der Waals surface area contributed by atoms with Gasteiger partial charge in [0, 0.05) is 22.7 Å². The number of nitro groups is 1. The van der Waals surface area contributed by atoms with Crippen molar-refractivity contribution in [1.29, 1.82) is 0 Å². The Balaban J connectivity index is 3.00. The third-order valence-corrected chi connectivity index (χ3v) is 2.84. The normalized spacial score (nSPS) is 12.4. The third-order valence-electron chi connectivity index (χ3n) is 2.61. The number of halogens is 1. The van der Waals surface area contributed by atoms with Crippen molar-refractivity contribution in [3.63, 3.8) is 0 Å². The van der Waals surface area contributed by atoms with E-state index in [0.29, 0.717) is 17.0 Å². The minimum absolute atomic E-state index is 0.137. The van der Waals surface area contributed by atoms with Crippen LogP contribution in [0, 0.1) is 10.1 Å². The van der Waals surface area contributed by atoms with Gasteiger partial charge in [0.15, 0.2) is 0 Å². The van der Waals surface area contributed by atoms with Gasteiger partial charge in [0.05, 0.1) is 4.92 Å². The number of likely N-dealkylation sites (N-methyl/N-ethyl adjacent to an activating group) is 1. The molecule has 1 unspecified atom stereocenters. The number of hydrogen-bond acceptors (Lipinski definition) is 3. The molecule has 0 aliphatic carbocycles. The van der Waals surface area contributed by atoms with Gasteiger partial charge in [-0.1, -0.05) is 18.5 Å². The van der Waals surface area contributed by atoms with Gasteiger partial charge in [-0.3, -0.25) is 10.1 Å². The maximum absolute atomic E-state index is 10.8. The van der Waals surface area contributed by atoms with E-state index in [-0.39, 0.29) is 16.7 Å². The fourth-order valence-corrected chi connectivity index (χ4v) is 1.81. The van der Waals surface area contributed by atoms with Crippen molar-refractivity contribution in [2.24, 2.45) is 0 Å². The number of rotatable bonds is 5. The molecule has 5 heteroatoms. The molecule has 0 aliphatic rings. The molecule has 0 radical (unpaired) electrons. The van der Waals surface area contributed by atoms with Gasteiger partial charge in [0.2, 0.25) is 0 Å². The van der Waals surface area contributed by atoms with E-state index in [1.807, 2.05) is 14.0 Å². The van der Waals surface area contributed by atoms with Gasteiger partial charge >= 0.3 is 0 Å². The highest BCUT2D eigenvalue weighted by atomic mass is 35.5. The lowest BCUT2D eigenvalue weighted by molar-refractivity contribution is -0.385. The molecule has 88 valence electrons. The summed E-state index contributed by atoms with van der Waals surface area (Å²) in [4.78, 5) is 10.5. The summed E-state index contributed by atoms with van der Waals surface area (Å²) in [5, 5.41) is 14.5. The molecule has 1 N–H and O–H groups in total. The van der Waals surface area contributed by atoms with E-state index in [0.717, 1.165) is 6.42 Å². The summed E-state index contributed by atoms with van der Waals surface area (Å²) < 4.78 is 0. The van der Waals surface area contributed by atoms with E-state index in [2.05, 4.69) is 5.32 Å². The zero-order chi connectivity index (χ0) is 12.1. The first-order valence-corrected chi connectivity index (χ1v) is 5.56. The number of hydrogen-bond donors (Lipinski definition) is 1. The minimum atomic E-state index is -0.367. The van der Waals surface area contributed by atoms with Crippen molar-refractivity contribution in [3.8, 4) is 0 Å². The molecule has 1 atom stereocenters. The number of nitrogens with zero attached hydrogens (tertiary/aromatic N) is 1. The van der Waals surface area contributed by atoms with Crippen molar-refractivity contribution in [3.05, 3.63) is 38.9 Å². The summed E-state index contributed by atoms with van der Waals surface area (Å²) in [5.74, 6) is 0. The van der Waals surface area contributed by atoms with Crippen LogP contribution in [-0.2, 0) is 6.42 Å². The molecule has 0 saturated heterocycles. The Labute approximate surface area is 99.8 Å². The molecule has 0 heterocycles. The summed E-state index contributed by atoms with van der Waals surface area (Å²) in [5.41, 5.74) is 0.816. The quantitative estimate of drug-likeness (QED) is 0.638. The predicted octanol–water partition coefficient (Wildman–Crippen LogP) is 2.79. The lowest BCUT2D eigenvalue weighted by Gasteiger charge is -2.13. The van der Waals surface area contributed by atoms with Gasteiger partial charge in [-0.15, -0.1) is 0 Å². The molecule has 1 aromatic carbocycles. The van der Waals surface area contributed by atoms with Crippen molar-refractivity contribution in [2.45, 2.75) is 25.8 Å². The molecule has 0 amide bonds. The molecule has 16 heavy (non-hydrogen) atoms. The maximum Gasteiger partial charge on any atom is 0.272 e. The van der Waals surface area contributed by atoms with E-state index in [1.165, 1.54) is 6.07 Å². The molecular formula is C11H15ClN2O2. The molecule has 4 nitrogen and oxygen atoms in total. The first-order chi connectivity index (χ1) is 7.58. The third kappa shape index (κ3) is 3.18. The van der Waals surface area contributed by atoms with E-state index >= 15 is 0 Å². The minimum Gasteiger partial charge on any atom is -0.317 e. The molecule has 0 spiro atoms. The standard InChI is InChI=1S/C11H15ClN2O2/c1-3-10(13-2)7-8-6-9(12)4-5-11(8)14(15)16/h4-6,10,13H,3,7H2,1-2H3. The number of nitro benzene ring substituents is 1. The molecule has 0 aliphatic heterocycles. The molecule has 0 bridgehead atoms. The second kappa shape index (κ2) is 5.82. The van der Waals surface area contributed by atoms with Crippen LogP contribution in [0.1, 0.15) is 18.9 Å². The Morgan fingerprint density at radius 2 is 2.25 bits per heavy atom. The van der Waals surface area contributed by atoms with Crippen molar-refractivity contribution >= 4 is 17.3 Å². The zero-order valence-electron chi connectivity index (χ0n) is 9.37. The molecule has 0 aromatic heterocycles. The lowest BCUT2D eigenvalue weighted by Crippen LogP contribution is -2.26. The smallest absolute Gasteiger partial charge is 0.272 e. The van der Waals surface area contributed by atoms with E-state index < -0.39 is 0 Å². The van der Waals surface area contributed by atoms with Crippen LogP contribution >= 0.6 is 11.6 Å². The van der Waals surface area contributed by atoms with Gasteiger partial charge in [-0.05, 0) is 32.0 Å². The second-order valence-electron chi connectivity index (χ2n) is 3.63. The van der Waals surface area contributed by atoms with Crippen molar-refractivity contribution < 1.29 is 4.92 Å². The second-order valence-corrected chi connectivity index (χ2v) is 4.06. The van der Waals surface area contributed by atoms with Gasteiger partial charge < -0.3 is 5.32 Å². The molecular weight excluding hydrogens is 228 g/mol. The number of nitrogens with one attached hydrogen (secondary N) is 1. The van der Waals surface area contributed by atoms with Crippen LogP contribution in [0.15, 0.2) is 18.2 Å². The topological polar surface area (TPSA) is 55.2 Å². The van der Waals surface area contributed by atoms with Gasteiger partial charge in [-0.2, -0.15) is 0 Å². The van der Waals surface area contributed by atoms with Crippen LogP contribution in [-0.4, -0.2) is 18.0 Å². The van der Waals surface area contributed by atoms with Gasteiger partial charge in [0.1, 0.15) is 0 Å². The highest BCUT2D eigenvalue weighted by Crippen LogP contribution is 2.24. The van der Waals surface area contributed by atoms with E-state index in [1.54, 1.807) is 12.1 Å². The SMILES string of the molecule is CCC(Cc1cc(Cl)ccc1[N+](=O)[O-])NC. The Kier molecular flexibility index (Phi) is 4.71. The van der Waals surface area contributed by atoms with E-state index in [4.69, 9.17) is 11.6 Å². The Morgan fingerprint density at radius 3 is 2.75 bits per heavy atom. The fourth-order valence-electron chi connectivity index (χ4n) is 1.61. The Hall–Kier alpha value is -1.13. The first kappa shape index (κ1) is 12.9. The van der Waals surface area contributed by atoms with Crippen molar-refractivity contribution in [2.75, 3.05) is 7.05 Å². The van der Waals surface area contributed by atoms with E-state index in [9.17, 15) is 10.1 Å². The average Bonchev–Trinajstić information content (AvgIpc) is 2.25. The molecule has 1 rings (SSSR count). The average molecular weight is 243 g/mol. The Morgan fingerprint density at radius 1 is 1.56 bits per heavy atom. The van der Waals surface area contributed by atoms with Crippen LogP contribution in [0.2, 0.25) is 5.02 Å². The lowest BCUT2D eigenvalue weighted by atomic mass is 10.0. The predicted molar refractivity (Wildman–Crippen MR) is 64.9 cm³/mol. The highest BCUT2D eigenvalue weighted by Gasteiger charge is 2.16. The fraction of sp³-hybridized carbons (Fsp3) is 0.455. The van der Waals surface area contributed by atoms with Crippen LogP contribution < -0.4 is 5.32 Å². The maximum atomic E-state index is 10.8. The van der Waals surface area contributed by atoms with Crippen molar-refractivity contribution in [1.82, 2.24) is 5.32 Å². The highest BCUT2D eigenvalue weighted by molar-refractivity contribution is 6.30. The zero-order valence-corrected chi connectivity index (χ0v) is 10.1. The summed E-state index contributed by atoms with van der Waals surface area (Å²) >= 11 is 5.85. The summed E-state index contributed by atoms with van der Waals surface area (Å²) in [6.07, 6.45) is 1.53. The largest absolute Gasteiger partial charge is 0.317 e. The van der Waals surface area contributed by atoms with Gasteiger partial charge in [0.25, 0.3) is 5.69 Å². The summed E-state index contributed by atoms with van der Waals surface area (Å²) in [7, 11) is 1.85. The van der Waals surface area contributed by atoms with Crippen LogP contribution in [0.3, 0.4) is 0 Å². The monoisotopic (exact) mass is 242 g/mol. The van der Waals surface area contributed by atoms with Crippen LogP contribution in [0.25, 0.3) is 0 Å². The van der Waals surface area contributed by atoms with Crippen LogP contribution in [0.4, 0.5) is 5.69 Å². The molecule has 0 saturated carbocycles. The molecule has 0 fully saturated rings. The van der Waals surface area contributed by atoms with Crippen LogP contribution in [0.5, 0.6) is 0 Å². The summed E-state index contributed by atoms with van der Waals surface area (Å²) in [6.45, 7) is 2.04. The van der Waals surface area contributed by atoms with Gasteiger partial charge in [-0.25, -0.2) is 0 Å². The molecule has 1 aromatic rings. The Bertz CT molecular complexity index is 378. The number of benzene rings is 1.